The summed E-state index contributed by atoms with van der Waals surface area (Å²) in [6, 6.07) is -1.70. The lowest BCUT2D eigenvalue weighted by atomic mass is 10.1. The van der Waals surface area contributed by atoms with Gasteiger partial charge in [0, 0.05) is 9.60 Å². The standard InChI is InChI=1S/C6H13NO2/c1-4(2)3-5(7)6(8)9/h4-5H,3,7H2,1-2H3,(H,8,9)/t5-/m0/s1/i1D3,2D3,4D. The van der Waals surface area contributed by atoms with Gasteiger partial charge in [-0.05, 0) is 12.3 Å². The Morgan fingerprint density at radius 1 is 2.00 bits per heavy atom. The average Bonchev–Trinajstić information content (AvgIpc) is 1.99. The molecule has 0 saturated carbocycles. The smallest absolute Gasteiger partial charge is 0.320 e. The molecule has 0 aliphatic rings. The fourth-order valence-corrected chi connectivity index (χ4v) is 0.307. The van der Waals surface area contributed by atoms with Crippen LogP contribution in [-0.4, -0.2) is 17.1 Å². The van der Waals surface area contributed by atoms with Gasteiger partial charge in [0.2, 0.25) is 0 Å². The van der Waals surface area contributed by atoms with Crippen molar-refractivity contribution >= 4 is 5.97 Å². The highest BCUT2D eigenvalue weighted by molar-refractivity contribution is 5.72. The summed E-state index contributed by atoms with van der Waals surface area (Å²) in [5.74, 6) is -4.41. The van der Waals surface area contributed by atoms with E-state index in [9.17, 15) is 4.79 Å². The Hall–Kier alpha value is -0.570. The second-order valence-corrected chi connectivity index (χ2v) is 1.63. The van der Waals surface area contributed by atoms with Crippen LogP contribution in [-0.2, 0) is 4.79 Å². The number of hydrogen-bond donors (Lipinski definition) is 2. The number of rotatable bonds is 3. The predicted molar refractivity (Wildman–Crippen MR) is 35.1 cm³/mol. The molecule has 3 nitrogen and oxygen atoms in total. The first-order valence-corrected chi connectivity index (χ1v) is 2.31. The lowest BCUT2D eigenvalue weighted by Crippen LogP contribution is -2.31. The van der Waals surface area contributed by atoms with Gasteiger partial charge < -0.3 is 10.8 Å². The highest BCUT2D eigenvalue weighted by atomic mass is 16.4. The Labute approximate surface area is 64.7 Å². The summed E-state index contributed by atoms with van der Waals surface area (Å²) in [4.78, 5) is 10.5. The van der Waals surface area contributed by atoms with Gasteiger partial charge in [-0.2, -0.15) is 0 Å². The maximum atomic E-state index is 10.5. The van der Waals surface area contributed by atoms with E-state index >= 15 is 0 Å². The van der Waals surface area contributed by atoms with E-state index in [0.717, 1.165) is 0 Å². The molecule has 0 fully saturated rings. The number of hydrogen-bond acceptors (Lipinski definition) is 2. The molecule has 0 aromatic carbocycles. The molecule has 0 rings (SSSR count). The van der Waals surface area contributed by atoms with Gasteiger partial charge in [0.05, 0.1) is 0 Å². The number of carboxylic acid groups (broad SMARTS) is 1. The SMILES string of the molecule is [2H]C([2H])([2H])C([2H])(C[C@H](N)C(=O)O)C([2H])([2H])[2H]. The van der Waals surface area contributed by atoms with Gasteiger partial charge >= 0.3 is 5.97 Å². The molecule has 1 atom stereocenters. The van der Waals surface area contributed by atoms with Crippen LogP contribution in [0.3, 0.4) is 0 Å². The van der Waals surface area contributed by atoms with Gasteiger partial charge in [-0.1, -0.05) is 13.7 Å². The minimum Gasteiger partial charge on any atom is -0.480 e. The van der Waals surface area contributed by atoms with E-state index in [1.54, 1.807) is 0 Å². The molecule has 0 radical (unpaired) electrons. The molecule has 0 aliphatic carbocycles. The Kier molecular flexibility index (Phi) is 0.858. The molecule has 0 amide bonds. The number of aliphatic carboxylic acids is 1. The summed E-state index contributed by atoms with van der Waals surface area (Å²) < 4.78 is 49.6. The topological polar surface area (TPSA) is 63.3 Å². The minimum absolute atomic E-state index is 0.963. The Morgan fingerprint density at radius 2 is 2.56 bits per heavy atom. The van der Waals surface area contributed by atoms with Crippen LogP contribution >= 0.6 is 0 Å². The first kappa shape index (κ1) is 2.23. The second-order valence-electron chi connectivity index (χ2n) is 1.63. The maximum Gasteiger partial charge on any atom is 0.320 e. The van der Waals surface area contributed by atoms with E-state index < -0.39 is 38.0 Å². The van der Waals surface area contributed by atoms with Crippen LogP contribution in [0.5, 0.6) is 0 Å². The summed E-state index contributed by atoms with van der Waals surface area (Å²) >= 11 is 0. The fourth-order valence-electron chi connectivity index (χ4n) is 0.307. The molecule has 3 N–H and O–H groups in total. The zero-order chi connectivity index (χ0) is 13.4. The van der Waals surface area contributed by atoms with Crippen molar-refractivity contribution in [1.82, 2.24) is 0 Å². The third-order valence-electron chi connectivity index (χ3n) is 0.741. The van der Waals surface area contributed by atoms with Crippen LogP contribution in [0.4, 0.5) is 0 Å². The van der Waals surface area contributed by atoms with Crippen LogP contribution in [0, 0.1) is 5.89 Å². The van der Waals surface area contributed by atoms with Crippen molar-refractivity contribution in [2.45, 2.75) is 26.2 Å². The second kappa shape index (κ2) is 3.45. The van der Waals surface area contributed by atoms with Crippen molar-refractivity contribution in [2.75, 3.05) is 0 Å². The molecule has 0 unspecified atom stereocenters. The summed E-state index contributed by atoms with van der Waals surface area (Å²) in [5.41, 5.74) is 5.08. The molecular weight excluding hydrogens is 118 g/mol. The molecule has 0 aliphatic heterocycles. The zero-order valence-corrected chi connectivity index (χ0v) is 4.72. The molecule has 0 aromatic heterocycles. The van der Waals surface area contributed by atoms with Gasteiger partial charge in [-0.25, -0.2) is 0 Å². The van der Waals surface area contributed by atoms with Crippen molar-refractivity contribution in [3.63, 3.8) is 0 Å². The number of carboxylic acids is 1. The molecular formula is C6H13NO2. The van der Waals surface area contributed by atoms with Crippen LogP contribution in [0.15, 0.2) is 0 Å². The summed E-state index contributed by atoms with van der Waals surface area (Å²) in [5, 5.41) is 8.50. The largest absolute Gasteiger partial charge is 0.480 e. The van der Waals surface area contributed by atoms with Gasteiger partial charge in [-0.3, -0.25) is 4.79 Å². The quantitative estimate of drug-likeness (QED) is 0.595. The van der Waals surface area contributed by atoms with Crippen molar-refractivity contribution in [3.05, 3.63) is 0 Å². The summed E-state index contributed by atoms with van der Waals surface area (Å²) in [6.45, 7) is -6.27. The molecule has 54 valence electrons. The van der Waals surface area contributed by atoms with Gasteiger partial charge in [0.25, 0.3) is 0 Å². The molecule has 0 aromatic rings. The molecule has 0 saturated heterocycles. The molecule has 0 heterocycles. The van der Waals surface area contributed by atoms with Gasteiger partial charge in [-0.15, -0.1) is 0 Å². The molecule has 0 spiro atoms. The summed E-state index contributed by atoms with van der Waals surface area (Å²) in [6.07, 6.45) is -0.963. The highest BCUT2D eigenvalue weighted by Crippen LogP contribution is 2.01. The Morgan fingerprint density at radius 3 is 2.89 bits per heavy atom. The molecule has 3 heteroatoms. The molecule has 9 heavy (non-hydrogen) atoms. The summed E-state index contributed by atoms with van der Waals surface area (Å²) in [7, 11) is 0. The van der Waals surface area contributed by atoms with Crippen LogP contribution in [0.25, 0.3) is 0 Å². The van der Waals surface area contributed by atoms with Crippen molar-refractivity contribution in [3.8, 4) is 0 Å². The van der Waals surface area contributed by atoms with Crippen molar-refractivity contribution in [2.24, 2.45) is 11.6 Å². The maximum absolute atomic E-state index is 10.5. The third-order valence-corrected chi connectivity index (χ3v) is 0.741. The Balaban J connectivity index is 5.21. The van der Waals surface area contributed by atoms with E-state index in [-0.39, 0.29) is 0 Å². The predicted octanol–water partition coefficient (Wildman–Crippen LogP) is 0.444. The van der Waals surface area contributed by atoms with Crippen LogP contribution in [0.1, 0.15) is 29.7 Å². The number of nitrogens with two attached hydrogens (primary N) is 1. The van der Waals surface area contributed by atoms with E-state index in [1.165, 1.54) is 0 Å². The average molecular weight is 138 g/mol. The minimum atomic E-state index is -3.13. The lowest BCUT2D eigenvalue weighted by molar-refractivity contribution is -0.138. The monoisotopic (exact) mass is 138 g/mol. The van der Waals surface area contributed by atoms with E-state index in [4.69, 9.17) is 20.4 Å². The van der Waals surface area contributed by atoms with E-state index in [0.29, 0.717) is 0 Å². The van der Waals surface area contributed by atoms with Crippen molar-refractivity contribution in [1.29, 1.82) is 0 Å². The fraction of sp³-hybridized carbons (Fsp3) is 0.833. The van der Waals surface area contributed by atoms with Crippen molar-refractivity contribution < 1.29 is 19.5 Å². The van der Waals surface area contributed by atoms with Crippen LogP contribution in [0.2, 0.25) is 0 Å². The Bertz CT molecular complexity index is 257. The number of carbonyl (C=O) groups is 1. The highest BCUT2D eigenvalue weighted by Gasteiger charge is 2.11. The lowest BCUT2D eigenvalue weighted by Gasteiger charge is -2.07. The van der Waals surface area contributed by atoms with E-state index in [1.807, 2.05) is 0 Å². The van der Waals surface area contributed by atoms with Gasteiger partial charge in [0.15, 0.2) is 0 Å². The first-order chi connectivity index (χ1) is 6.83. The zero-order valence-electron chi connectivity index (χ0n) is 11.7. The van der Waals surface area contributed by atoms with E-state index in [2.05, 4.69) is 0 Å². The first-order valence-electron chi connectivity index (χ1n) is 5.81. The van der Waals surface area contributed by atoms with Crippen LogP contribution < -0.4 is 5.73 Å². The third kappa shape index (κ3) is 3.97. The molecule has 0 bridgehead atoms. The normalized spacial score (nSPS) is 29.2. The van der Waals surface area contributed by atoms with Gasteiger partial charge in [0.1, 0.15) is 6.04 Å².